The number of nitrogens with zero attached hydrogens (tertiary/aromatic N) is 1. The van der Waals surface area contributed by atoms with Crippen molar-refractivity contribution in [3.8, 4) is 0 Å². The molecule has 1 N–H and O–H groups in total. The first kappa shape index (κ1) is 11.6. The zero-order valence-corrected chi connectivity index (χ0v) is 9.38. The van der Waals surface area contributed by atoms with Crippen molar-refractivity contribution in [1.82, 2.24) is 4.98 Å². The molecule has 1 heterocycles. The van der Waals surface area contributed by atoms with Gasteiger partial charge in [-0.25, -0.2) is 18.6 Å². The molecule has 0 bridgehead atoms. The van der Waals surface area contributed by atoms with Gasteiger partial charge in [0, 0.05) is 0 Å². The van der Waals surface area contributed by atoms with E-state index in [1.807, 2.05) is 0 Å². The number of carboxylic acids is 1. The van der Waals surface area contributed by atoms with E-state index < -0.39 is 23.7 Å². The lowest BCUT2D eigenvalue weighted by molar-refractivity contribution is 0.0682. The van der Waals surface area contributed by atoms with Gasteiger partial charge in [0.25, 0.3) is 6.43 Å². The SMILES string of the molecule is O=C(O)c1cc(I)c(Cl)nc1C(F)F. The van der Waals surface area contributed by atoms with Crippen molar-refractivity contribution in [2.45, 2.75) is 6.43 Å². The van der Waals surface area contributed by atoms with Crippen LogP contribution in [-0.4, -0.2) is 16.1 Å². The van der Waals surface area contributed by atoms with Crippen LogP contribution in [0.4, 0.5) is 8.78 Å². The molecule has 0 fully saturated rings. The Morgan fingerprint density at radius 2 is 2.21 bits per heavy atom. The van der Waals surface area contributed by atoms with Gasteiger partial charge in [-0.1, -0.05) is 11.6 Å². The highest BCUT2D eigenvalue weighted by Crippen LogP contribution is 2.26. The highest BCUT2D eigenvalue weighted by molar-refractivity contribution is 14.1. The maximum atomic E-state index is 12.3. The molecule has 1 aromatic rings. The fraction of sp³-hybridized carbons (Fsp3) is 0.143. The second-order valence-corrected chi connectivity index (χ2v) is 3.82. The fourth-order valence-corrected chi connectivity index (χ4v) is 1.39. The minimum atomic E-state index is -2.95. The van der Waals surface area contributed by atoms with Gasteiger partial charge in [-0.3, -0.25) is 0 Å². The quantitative estimate of drug-likeness (QED) is 0.669. The number of carbonyl (C=O) groups is 1. The lowest BCUT2D eigenvalue weighted by atomic mass is 10.2. The van der Waals surface area contributed by atoms with Crippen LogP contribution in [-0.2, 0) is 0 Å². The summed E-state index contributed by atoms with van der Waals surface area (Å²) in [5.74, 6) is -1.44. The predicted molar refractivity (Wildman–Crippen MR) is 53.9 cm³/mol. The molecule has 0 aliphatic carbocycles. The van der Waals surface area contributed by atoms with Crippen LogP contribution in [0.2, 0.25) is 5.15 Å². The second kappa shape index (κ2) is 4.35. The average Bonchev–Trinajstić information content (AvgIpc) is 2.08. The fourth-order valence-electron chi connectivity index (χ4n) is 0.817. The first-order valence-electron chi connectivity index (χ1n) is 3.31. The first-order valence-corrected chi connectivity index (χ1v) is 4.76. The number of aromatic nitrogens is 1. The second-order valence-electron chi connectivity index (χ2n) is 2.30. The van der Waals surface area contributed by atoms with Crippen LogP contribution < -0.4 is 0 Å². The molecular formula is C7H3ClF2INO2. The van der Waals surface area contributed by atoms with Gasteiger partial charge >= 0.3 is 5.97 Å². The molecule has 0 aliphatic heterocycles. The van der Waals surface area contributed by atoms with Gasteiger partial charge in [0.2, 0.25) is 0 Å². The van der Waals surface area contributed by atoms with Crippen molar-refractivity contribution in [3.63, 3.8) is 0 Å². The molecule has 0 amide bonds. The zero-order chi connectivity index (χ0) is 10.9. The Kier molecular flexibility index (Phi) is 3.59. The van der Waals surface area contributed by atoms with E-state index in [1.54, 1.807) is 22.6 Å². The number of pyridine rings is 1. The lowest BCUT2D eigenvalue weighted by Crippen LogP contribution is -2.06. The molecule has 0 aliphatic rings. The summed E-state index contributed by atoms with van der Waals surface area (Å²) >= 11 is 7.21. The van der Waals surface area contributed by atoms with E-state index in [2.05, 4.69) is 4.98 Å². The summed E-state index contributed by atoms with van der Waals surface area (Å²) in [5.41, 5.74) is -1.32. The van der Waals surface area contributed by atoms with Crippen LogP contribution in [0, 0.1) is 3.57 Å². The zero-order valence-electron chi connectivity index (χ0n) is 6.47. The Labute approximate surface area is 96.2 Å². The largest absolute Gasteiger partial charge is 0.478 e. The number of hydrogen-bond donors (Lipinski definition) is 1. The van der Waals surface area contributed by atoms with E-state index in [1.165, 1.54) is 0 Å². The summed E-state index contributed by atoms with van der Waals surface area (Å²) < 4.78 is 25.0. The van der Waals surface area contributed by atoms with Crippen molar-refractivity contribution >= 4 is 40.2 Å². The van der Waals surface area contributed by atoms with E-state index in [9.17, 15) is 13.6 Å². The molecule has 0 saturated carbocycles. The van der Waals surface area contributed by atoms with Crippen LogP contribution in [0.5, 0.6) is 0 Å². The summed E-state index contributed by atoms with van der Waals surface area (Å²) in [7, 11) is 0. The summed E-state index contributed by atoms with van der Waals surface area (Å²) in [6.07, 6.45) is -2.95. The minimum Gasteiger partial charge on any atom is -0.478 e. The molecule has 14 heavy (non-hydrogen) atoms. The smallest absolute Gasteiger partial charge is 0.337 e. The Morgan fingerprint density at radius 3 is 2.64 bits per heavy atom. The van der Waals surface area contributed by atoms with Crippen molar-refractivity contribution in [2.75, 3.05) is 0 Å². The number of rotatable bonds is 2. The van der Waals surface area contributed by atoms with Crippen LogP contribution in [0.3, 0.4) is 0 Å². The molecule has 76 valence electrons. The van der Waals surface area contributed by atoms with Crippen molar-refractivity contribution < 1.29 is 18.7 Å². The van der Waals surface area contributed by atoms with Gasteiger partial charge in [-0.2, -0.15) is 0 Å². The first-order chi connectivity index (χ1) is 6.43. The van der Waals surface area contributed by atoms with E-state index in [-0.39, 0.29) is 5.15 Å². The summed E-state index contributed by atoms with van der Waals surface area (Å²) in [6.45, 7) is 0. The van der Waals surface area contributed by atoms with Crippen LogP contribution in [0.1, 0.15) is 22.5 Å². The molecule has 0 saturated heterocycles. The Hall–Kier alpha value is -0.500. The molecule has 0 atom stereocenters. The van der Waals surface area contributed by atoms with E-state index in [0.29, 0.717) is 3.57 Å². The standard InChI is InChI=1S/C7H3ClF2INO2/c8-5-3(11)1-2(7(13)14)4(12-5)6(9)10/h1,6H,(H,13,14). The number of aromatic carboxylic acids is 1. The van der Waals surface area contributed by atoms with Crippen molar-refractivity contribution in [1.29, 1.82) is 0 Å². The average molecular weight is 333 g/mol. The number of carboxylic acid groups (broad SMARTS) is 1. The maximum Gasteiger partial charge on any atom is 0.337 e. The van der Waals surface area contributed by atoms with E-state index in [0.717, 1.165) is 6.07 Å². The Bertz CT molecular complexity index is 386. The monoisotopic (exact) mass is 333 g/mol. The maximum absolute atomic E-state index is 12.3. The molecule has 1 aromatic heterocycles. The third-order valence-corrected chi connectivity index (χ3v) is 2.83. The molecule has 0 radical (unpaired) electrons. The third kappa shape index (κ3) is 2.30. The predicted octanol–water partition coefficient (Wildman–Crippen LogP) is 2.98. The Morgan fingerprint density at radius 1 is 1.64 bits per heavy atom. The minimum absolute atomic E-state index is 0.120. The molecule has 7 heteroatoms. The number of alkyl halides is 2. The van der Waals surface area contributed by atoms with E-state index >= 15 is 0 Å². The van der Waals surface area contributed by atoms with Gasteiger partial charge in [0.1, 0.15) is 10.8 Å². The summed E-state index contributed by atoms with van der Waals surface area (Å²) in [4.78, 5) is 13.9. The topological polar surface area (TPSA) is 50.2 Å². The number of hydrogen-bond acceptors (Lipinski definition) is 2. The molecule has 0 aromatic carbocycles. The van der Waals surface area contributed by atoms with Crippen molar-refractivity contribution in [3.05, 3.63) is 26.0 Å². The van der Waals surface area contributed by atoms with Crippen LogP contribution in [0.25, 0.3) is 0 Å². The Balaban J connectivity index is 3.39. The number of halogens is 4. The third-order valence-electron chi connectivity index (χ3n) is 1.40. The molecule has 1 rings (SSSR count). The molecule has 0 spiro atoms. The van der Waals surface area contributed by atoms with Crippen LogP contribution in [0.15, 0.2) is 6.07 Å². The molecular weight excluding hydrogens is 330 g/mol. The van der Waals surface area contributed by atoms with E-state index in [4.69, 9.17) is 16.7 Å². The summed E-state index contributed by atoms with van der Waals surface area (Å²) in [6, 6.07) is 1.07. The van der Waals surface area contributed by atoms with Gasteiger partial charge in [0.15, 0.2) is 0 Å². The normalized spacial score (nSPS) is 10.6. The molecule has 3 nitrogen and oxygen atoms in total. The van der Waals surface area contributed by atoms with Gasteiger partial charge in [-0.05, 0) is 28.7 Å². The highest BCUT2D eigenvalue weighted by Gasteiger charge is 2.21. The van der Waals surface area contributed by atoms with Gasteiger partial charge in [-0.15, -0.1) is 0 Å². The van der Waals surface area contributed by atoms with Gasteiger partial charge in [0.05, 0.1) is 9.13 Å². The summed E-state index contributed by atoms with van der Waals surface area (Å²) in [5, 5.41) is 8.49. The van der Waals surface area contributed by atoms with Crippen molar-refractivity contribution in [2.24, 2.45) is 0 Å². The highest BCUT2D eigenvalue weighted by atomic mass is 127. The van der Waals surface area contributed by atoms with Crippen LogP contribution >= 0.6 is 34.2 Å². The molecule has 0 unspecified atom stereocenters. The lowest BCUT2D eigenvalue weighted by Gasteiger charge is -2.05. The van der Waals surface area contributed by atoms with Gasteiger partial charge < -0.3 is 5.11 Å².